The number of alkyl halides is 1. The molecular formula is C15H13BrClFO. The smallest absolute Gasteiger partial charge is 0.165 e. The van der Waals surface area contributed by atoms with Gasteiger partial charge in [-0.15, -0.1) is 11.6 Å². The fourth-order valence-electron chi connectivity index (χ4n) is 1.86. The van der Waals surface area contributed by atoms with Crippen molar-refractivity contribution in [3.05, 3.63) is 63.4 Å². The van der Waals surface area contributed by atoms with Crippen LogP contribution in [0.2, 0.25) is 0 Å². The summed E-state index contributed by atoms with van der Waals surface area (Å²) in [5.41, 5.74) is 2.75. The average Bonchev–Trinajstić information content (AvgIpc) is 2.38. The number of aryl methyl sites for hydroxylation is 1. The Hall–Kier alpha value is -1.06. The van der Waals surface area contributed by atoms with Crippen LogP contribution >= 0.6 is 27.5 Å². The summed E-state index contributed by atoms with van der Waals surface area (Å²) in [6, 6.07) is 10.7. The summed E-state index contributed by atoms with van der Waals surface area (Å²) < 4.78 is 19.5. The van der Waals surface area contributed by atoms with E-state index in [1.807, 2.05) is 25.1 Å². The fourth-order valence-corrected chi connectivity index (χ4v) is 3.04. The molecule has 0 fully saturated rings. The monoisotopic (exact) mass is 342 g/mol. The van der Waals surface area contributed by atoms with Crippen molar-refractivity contribution in [2.45, 2.75) is 12.3 Å². The third-order valence-corrected chi connectivity index (χ3v) is 4.07. The van der Waals surface area contributed by atoms with Crippen LogP contribution in [0.5, 0.6) is 5.75 Å². The zero-order valence-corrected chi connectivity index (χ0v) is 12.9. The molecule has 0 aliphatic carbocycles. The van der Waals surface area contributed by atoms with Crippen molar-refractivity contribution < 1.29 is 9.13 Å². The number of hydrogen-bond donors (Lipinski definition) is 0. The molecule has 1 nitrogen and oxygen atoms in total. The van der Waals surface area contributed by atoms with Gasteiger partial charge in [-0.1, -0.05) is 34.1 Å². The van der Waals surface area contributed by atoms with Crippen LogP contribution in [-0.4, -0.2) is 7.11 Å². The standard InChI is InChI=1S/C15H13BrClFO/c1-9-3-5-11(12(16)7-9)15(17)10-4-6-14(19-2)13(18)8-10/h3-8,15H,1-2H3. The molecule has 0 saturated carbocycles. The fraction of sp³-hybridized carbons (Fsp3) is 0.200. The summed E-state index contributed by atoms with van der Waals surface area (Å²) in [5.74, 6) is -0.190. The van der Waals surface area contributed by atoms with E-state index in [0.29, 0.717) is 5.56 Å². The maximum absolute atomic E-state index is 13.7. The Morgan fingerprint density at radius 2 is 1.95 bits per heavy atom. The van der Waals surface area contributed by atoms with Crippen molar-refractivity contribution >= 4 is 27.5 Å². The van der Waals surface area contributed by atoms with Gasteiger partial charge in [0.15, 0.2) is 11.6 Å². The van der Waals surface area contributed by atoms with Gasteiger partial charge in [-0.3, -0.25) is 0 Å². The molecule has 0 spiro atoms. The van der Waals surface area contributed by atoms with E-state index in [4.69, 9.17) is 16.3 Å². The van der Waals surface area contributed by atoms with Crippen LogP contribution in [0.4, 0.5) is 4.39 Å². The van der Waals surface area contributed by atoms with E-state index in [1.165, 1.54) is 13.2 Å². The molecule has 0 aliphatic heterocycles. The summed E-state index contributed by atoms with van der Waals surface area (Å²) in [6.45, 7) is 2.00. The van der Waals surface area contributed by atoms with Crippen LogP contribution < -0.4 is 4.74 Å². The van der Waals surface area contributed by atoms with E-state index in [2.05, 4.69) is 15.9 Å². The van der Waals surface area contributed by atoms with Gasteiger partial charge in [0.25, 0.3) is 0 Å². The van der Waals surface area contributed by atoms with Crippen LogP contribution in [0, 0.1) is 12.7 Å². The maximum Gasteiger partial charge on any atom is 0.165 e. The molecule has 1 unspecified atom stereocenters. The quantitative estimate of drug-likeness (QED) is 0.693. The van der Waals surface area contributed by atoms with Crippen LogP contribution in [0.3, 0.4) is 0 Å². The summed E-state index contributed by atoms with van der Waals surface area (Å²) in [6.07, 6.45) is 0. The van der Waals surface area contributed by atoms with Gasteiger partial charge < -0.3 is 4.74 Å². The Balaban J connectivity index is 2.38. The normalized spacial score (nSPS) is 12.3. The molecule has 0 N–H and O–H groups in total. The van der Waals surface area contributed by atoms with Gasteiger partial charge in [0, 0.05) is 4.47 Å². The van der Waals surface area contributed by atoms with Gasteiger partial charge in [-0.05, 0) is 41.8 Å². The molecular weight excluding hydrogens is 331 g/mol. The van der Waals surface area contributed by atoms with E-state index in [0.717, 1.165) is 15.6 Å². The molecule has 100 valence electrons. The van der Waals surface area contributed by atoms with Crippen molar-refractivity contribution in [3.63, 3.8) is 0 Å². The molecule has 2 aromatic rings. The predicted octanol–water partition coefficient (Wildman–Crippen LogP) is 5.23. The summed E-state index contributed by atoms with van der Waals surface area (Å²) in [5, 5.41) is -0.407. The lowest BCUT2D eigenvalue weighted by atomic mass is 10.0. The molecule has 4 heteroatoms. The SMILES string of the molecule is COc1ccc(C(Cl)c2ccc(C)cc2Br)cc1F. The second-order valence-corrected chi connectivity index (χ2v) is 5.57. The zero-order chi connectivity index (χ0) is 14.0. The molecule has 1 atom stereocenters. The molecule has 2 rings (SSSR count). The van der Waals surface area contributed by atoms with Gasteiger partial charge >= 0.3 is 0 Å². The van der Waals surface area contributed by atoms with Crippen molar-refractivity contribution in [2.75, 3.05) is 7.11 Å². The Bertz CT molecular complexity index is 601. The van der Waals surface area contributed by atoms with Crippen LogP contribution in [0.15, 0.2) is 40.9 Å². The maximum atomic E-state index is 13.7. The second kappa shape index (κ2) is 5.93. The van der Waals surface area contributed by atoms with E-state index < -0.39 is 11.2 Å². The Morgan fingerprint density at radius 1 is 1.21 bits per heavy atom. The highest BCUT2D eigenvalue weighted by Gasteiger charge is 2.16. The minimum atomic E-state index is -0.408. The Morgan fingerprint density at radius 3 is 2.53 bits per heavy atom. The molecule has 0 amide bonds. The first-order valence-electron chi connectivity index (χ1n) is 5.76. The van der Waals surface area contributed by atoms with Gasteiger partial charge in [-0.2, -0.15) is 0 Å². The van der Waals surface area contributed by atoms with Gasteiger partial charge in [-0.25, -0.2) is 4.39 Å². The van der Waals surface area contributed by atoms with Gasteiger partial charge in [0.05, 0.1) is 12.5 Å². The number of halogens is 3. The van der Waals surface area contributed by atoms with Crippen LogP contribution in [-0.2, 0) is 0 Å². The lowest BCUT2D eigenvalue weighted by Crippen LogP contribution is -1.97. The van der Waals surface area contributed by atoms with Crippen molar-refractivity contribution in [2.24, 2.45) is 0 Å². The highest BCUT2D eigenvalue weighted by atomic mass is 79.9. The summed E-state index contributed by atoms with van der Waals surface area (Å²) in [7, 11) is 1.44. The first-order valence-corrected chi connectivity index (χ1v) is 6.99. The lowest BCUT2D eigenvalue weighted by molar-refractivity contribution is 0.386. The van der Waals surface area contributed by atoms with Crippen molar-refractivity contribution in [1.29, 1.82) is 0 Å². The zero-order valence-electron chi connectivity index (χ0n) is 10.6. The first-order chi connectivity index (χ1) is 9.02. The van der Waals surface area contributed by atoms with Crippen molar-refractivity contribution in [3.8, 4) is 5.75 Å². The Labute approximate surface area is 125 Å². The predicted molar refractivity (Wildman–Crippen MR) is 79.5 cm³/mol. The minimum absolute atomic E-state index is 0.218. The highest BCUT2D eigenvalue weighted by molar-refractivity contribution is 9.10. The molecule has 19 heavy (non-hydrogen) atoms. The minimum Gasteiger partial charge on any atom is -0.494 e. The van der Waals surface area contributed by atoms with Gasteiger partial charge in [0.2, 0.25) is 0 Å². The number of hydrogen-bond acceptors (Lipinski definition) is 1. The topological polar surface area (TPSA) is 9.23 Å². The van der Waals surface area contributed by atoms with Crippen LogP contribution in [0.25, 0.3) is 0 Å². The summed E-state index contributed by atoms with van der Waals surface area (Å²) >= 11 is 9.91. The van der Waals surface area contributed by atoms with E-state index in [-0.39, 0.29) is 5.75 Å². The highest BCUT2D eigenvalue weighted by Crippen LogP contribution is 2.35. The van der Waals surface area contributed by atoms with E-state index in [9.17, 15) is 4.39 Å². The molecule has 0 radical (unpaired) electrons. The van der Waals surface area contributed by atoms with Gasteiger partial charge in [0.1, 0.15) is 0 Å². The molecule has 2 aromatic carbocycles. The number of benzene rings is 2. The largest absolute Gasteiger partial charge is 0.494 e. The number of methoxy groups -OCH3 is 1. The third-order valence-electron chi connectivity index (χ3n) is 2.90. The first kappa shape index (κ1) is 14.4. The Kier molecular flexibility index (Phi) is 4.48. The molecule has 0 bridgehead atoms. The van der Waals surface area contributed by atoms with E-state index >= 15 is 0 Å². The molecule has 0 aliphatic rings. The van der Waals surface area contributed by atoms with Crippen LogP contribution in [0.1, 0.15) is 22.1 Å². The van der Waals surface area contributed by atoms with Crippen molar-refractivity contribution in [1.82, 2.24) is 0 Å². The summed E-state index contributed by atoms with van der Waals surface area (Å²) in [4.78, 5) is 0. The average molecular weight is 344 g/mol. The lowest BCUT2D eigenvalue weighted by Gasteiger charge is -2.14. The molecule has 0 aromatic heterocycles. The number of rotatable bonds is 3. The molecule has 0 saturated heterocycles. The number of ether oxygens (including phenoxy) is 1. The van der Waals surface area contributed by atoms with E-state index in [1.54, 1.807) is 12.1 Å². The third kappa shape index (κ3) is 3.10. The second-order valence-electron chi connectivity index (χ2n) is 4.28. The molecule has 0 heterocycles.